The highest BCUT2D eigenvalue weighted by Crippen LogP contribution is 2.48. The summed E-state index contributed by atoms with van der Waals surface area (Å²) >= 11 is 2.30. The number of carbonyl (C=O) groups excluding carboxylic acids is 6. The lowest BCUT2D eigenvalue weighted by Gasteiger charge is -2.42. The first-order valence-electron chi connectivity index (χ1n) is 17.5. The van der Waals surface area contributed by atoms with Crippen LogP contribution in [0.1, 0.15) is 54.0 Å². The highest BCUT2D eigenvalue weighted by molar-refractivity contribution is 8.76. The number of hydrogen-bond donors (Lipinski definition) is 4. The molecule has 4 aliphatic rings. The second-order valence-corrected chi connectivity index (χ2v) is 18.4. The average molecular weight is 847 g/mol. The van der Waals surface area contributed by atoms with Crippen LogP contribution in [-0.4, -0.2) is 136 Å². The van der Waals surface area contributed by atoms with E-state index in [1.165, 1.54) is 28.8 Å². The standard InChI is InChI=1S/C36H38N4O12S4/c41-24-7-3-1-5-20(24)31-39(22(15-53-31)33(48)49)30(47)13-14-55-56-19-36(17-37-26(43)9-10-27(37)44,18-38-28(45)11-12-29(38)46)35(52)40-23(34(50)51)16-54-32(40)21-6-2-4-8-25(21)42/h1-8,22-23,31-32,41-42H,9-19H2,(H,48,49)(H,50,51)/t22-,23-,31?,32?/m0/s1. The number of para-hydroxylation sites is 2. The van der Waals surface area contributed by atoms with Gasteiger partial charge in [0.15, 0.2) is 0 Å². The molecule has 0 spiro atoms. The quantitative estimate of drug-likeness (QED) is 0.115. The van der Waals surface area contributed by atoms with Crippen molar-refractivity contribution in [3.8, 4) is 11.5 Å². The van der Waals surface area contributed by atoms with E-state index >= 15 is 4.79 Å². The van der Waals surface area contributed by atoms with Gasteiger partial charge in [-0.1, -0.05) is 58.0 Å². The SMILES string of the molecule is O=C(O)[C@@H]1CSC(c2ccccc2O)N1C(=O)CCSSCC(CN1C(=O)CCC1=O)(CN1C(=O)CCC1=O)C(=O)N1C(c2ccccc2O)SC[C@H]1C(=O)O. The summed E-state index contributed by atoms with van der Waals surface area (Å²) in [4.78, 5) is 110. The van der Waals surface area contributed by atoms with Crippen molar-refractivity contribution >= 4 is 92.5 Å². The molecular weight excluding hydrogens is 809 g/mol. The first-order valence-corrected chi connectivity index (χ1v) is 22.1. The van der Waals surface area contributed by atoms with Crippen molar-refractivity contribution < 1.29 is 58.8 Å². The number of aromatic hydroxyl groups is 2. The van der Waals surface area contributed by atoms with Crippen LogP contribution in [0.5, 0.6) is 11.5 Å². The summed E-state index contributed by atoms with van der Waals surface area (Å²) in [7, 11) is 2.17. The molecule has 6 rings (SSSR count). The molecule has 4 atom stereocenters. The minimum absolute atomic E-state index is 0.0722. The van der Waals surface area contributed by atoms with Gasteiger partial charge in [-0.05, 0) is 12.1 Å². The second-order valence-electron chi connectivity index (χ2n) is 13.6. The summed E-state index contributed by atoms with van der Waals surface area (Å²) in [6.07, 6.45) is -0.653. The van der Waals surface area contributed by atoms with Crippen molar-refractivity contribution in [2.75, 3.05) is 36.1 Å². The summed E-state index contributed by atoms with van der Waals surface area (Å²) in [5, 5.41) is 39.7. The lowest BCUT2D eigenvalue weighted by atomic mass is 9.85. The molecule has 4 heterocycles. The van der Waals surface area contributed by atoms with Gasteiger partial charge in [0.05, 0.1) is 5.41 Å². The van der Waals surface area contributed by atoms with E-state index in [1.807, 2.05) is 0 Å². The first-order chi connectivity index (χ1) is 26.7. The van der Waals surface area contributed by atoms with E-state index in [0.717, 1.165) is 48.0 Å². The molecule has 0 radical (unpaired) electrons. The molecule has 4 N–H and O–H groups in total. The number of carbonyl (C=O) groups is 8. The van der Waals surface area contributed by atoms with Crippen LogP contribution < -0.4 is 0 Å². The van der Waals surface area contributed by atoms with Gasteiger partial charge >= 0.3 is 11.9 Å². The van der Waals surface area contributed by atoms with Gasteiger partial charge in [-0.25, -0.2) is 9.59 Å². The maximum atomic E-state index is 15.2. The van der Waals surface area contributed by atoms with Gasteiger partial charge in [-0.3, -0.25) is 38.6 Å². The molecule has 16 nitrogen and oxygen atoms in total. The molecule has 4 saturated heterocycles. The Kier molecular flexibility index (Phi) is 12.8. The molecule has 2 unspecified atom stereocenters. The van der Waals surface area contributed by atoms with Gasteiger partial charge < -0.3 is 30.2 Å². The summed E-state index contributed by atoms with van der Waals surface area (Å²) in [5.41, 5.74) is -1.30. The van der Waals surface area contributed by atoms with Crippen LogP contribution >= 0.6 is 45.1 Å². The Labute approximate surface area is 337 Å². The Balaban J connectivity index is 1.29. The monoisotopic (exact) mass is 846 g/mol. The number of imide groups is 2. The molecule has 4 fully saturated rings. The van der Waals surface area contributed by atoms with Crippen LogP contribution in [0.3, 0.4) is 0 Å². The first kappa shape index (κ1) is 41.2. The van der Waals surface area contributed by atoms with Crippen molar-refractivity contribution in [3.05, 3.63) is 59.7 Å². The lowest BCUT2D eigenvalue weighted by Crippen LogP contribution is -2.60. The Morgan fingerprint density at radius 1 is 0.661 bits per heavy atom. The number of aliphatic carboxylic acids is 2. The van der Waals surface area contributed by atoms with Crippen molar-refractivity contribution in [3.63, 3.8) is 0 Å². The van der Waals surface area contributed by atoms with E-state index in [9.17, 15) is 54.0 Å². The van der Waals surface area contributed by atoms with Crippen molar-refractivity contribution in [2.24, 2.45) is 5.41 Å². The van der Waals surface area contributed by atoms with Gasteiger partial charge in [0.25, 0.3) is 0 Å². The van der Waals surface area contributed by atoms with Crippen molar-refractivity contribution in [1.82, 2.24) is 19.6 Å². The molecule has 0 aliphatic carbocycles. The third-order valence-electron chi connectivity index (χ3n) is 10.0. The number of benzene rings is 2. The number of likely N-dealkylation sites (tertiary alicyclic amines) is 2. The van der Waals surface area contributed by atoms with E-state index < -0.39 is 88.7 Å². The molecule has 0 bridgehead atoms. The van der Waals surface area contributed by atoms with Crippen LogP contribution in [0.15, 0.2) is 48.5 Å². The third-order valence-corrected chi connectivity index (χ3v) is 15.2. The molecule has 298 valence electrons. The highest BCUT2D eigenvalue weighted by Gasteiger charge is 2.55. The fourth-order valence-electron chi connectivity index (χ4n) is 7.11. The van der Waals surface area contributed by atoms with Gasteiger partial charge in [0.1, 0.15) is 34.3 Å². The van der Waals surface area contributed by atoms with Crippen LogP contribution in [0.4, 0.5) is 0 Å². The summed E-state index contributed by atoms with van der Waals surface area (Å²) < 4.78 is 0. The van der Waals surface area contributed by atoms with Crippen molar-refractivity contribution in [1.29, 1.82) is 0 Å². The predicted molar refractivity (Wildman–Crippen MR) is 207 cm³/mol. The fourth-order valence-corrected chi connectivity index (χ4v) is 12.5. The van der Waals surface area contributed by atoms with E-state index in [4.69, 9.17) is 0 Å². The molecule has 4 aliphatic heterocycles. The smallest absolute Gasteiger partial charge is 0.327 e. The summed E-state index contributed by atoms with van der Waals surface area (Å²) in [6, 6.07) is 9.88. The van der Waals surface area contributed by atoms with Gasteiger partial charge in [-0.2, -0.15) is 0 Å². The molecule has 2 aromatic rings. The number of nitrogens with zero attached hydrogens (tertiary/aromatic N) is 4. The van der Waals surface area contributed by atoms with E-state index in [0.29, 0.717) is 5.56 Å². The van der Waals surface area contributed by atoms with Crippen molar-refractivity contribution in [2.45, 2.75) is 54.9 Å². The number of carboxylic acids is 2. The summed E-state index contributed by atoms with van der Waals surface area (Å²) in [5.74, 6) is -6.62. The number of phenolic OH excluding ortho intramolecular Hbond substituents is 2. The minimum Gasteiger partial charge on any atom is -0.508 e. The number of hydrogen-bond acceptors (Lipinski definition) is 14. The van der Waals surface area contributed by atoms with Crippen LogP contribution in [0, 0.1) is 5.41 Å². The number of rotatable bonds is 15. The van der Waals surface area contributed by atoms with Gasteiger partial charge in [0.2, 0.25) is 35.4 Å². The molecule has 6 amide bonds. The molecular formula is C36H38N4O12S4. The third kappa shape index (κ3) is 8.33. The summed E-state index contributed by atoms with van der Waals surface area (Å²) in [6.45, 7) is -1.14. The maximum absolute atomic E-state index is 15.2. The van der Waals surface area contributed by atoms with E-state index in [-0.39, 0.29) is 72.2 Å². The lowest BCUT2D eigenvalue weighted by molar-refractivity contribution is -0.158. The Hall–Kier alpha value is -4.40. The zero-order chi connectivity index (χ0) is 40.3. The van der Waals surface area contributed by atoms with E-state index in [2.05, 4.69) is 0 Å². The van der Waals surface area contributed by atoms with Crippen LogP contribution in [0.25, 0.3) is 0 Å². The topological polar surface area (TPSA) is 230 Å². The number of amides is 6. The largest absolute Gasteiger partial charge is 0.508 e. The van der Waals surface area contributed by atoms with Gasteiger partial charge in [0, 0.05) is 79.3 Å². The minimum atomic E-state index is -1.93. The Morgan fingerprint density at radius 2 is 1.09 bits per heavy atom. The fraction of sp³-hybridized carbons (Fsp3) is 0.444. The van der Waals surface area contributed by atoms with Gasteiger partial charge in [-0.15, -0.1) is 23.5 Å². The molecule has 20 heteroatoms. The molecule has 0 saturated carbocycles. The maximum Gasteiger partial charge on any atom is 0.327 e. The second kappa shape index (κ2) is 17.4. The zero-order valence-corrected chi connectivity index (χ0v) is 32.9. The Bertz CT molecular complexity index is 1880. The Morgan fingerprint density at radius 3 is 1.54 bits per heavy atom. The zero-order valence-electron chi connectivity index (χ0n) is 29.7. The predicted octanol–water partition coefficient (Wildman–Crippen LogP) is 2.91. The van der Waals surface area contributed by atoms with E-state index in [1.54, 1.807) is 36.4 Å². The molecule has 0 aromatic heterocycles. The molecule has 56 heavy (non-hydrogen) atoms. The number of phenols is 2. The number of carboxylic acid groups (broad SMARTS) is 2. The number of thioether (sulfide) groups is 2. The van der Waals surface area contributed by atoms with Crippen LogP contribution in [-0.2, 0) is 38.4 Å². The molecule has 2 aromatic carbocycles. The van der Waals surface area contributed by atoms with Crippen LogP contribution in [0.2, 0.25) is 0 Å². The normalized spacial score (nSPS) is 22.8. The average Bonchev–Trinajstić information content (AvgIpc) is 3.95. The highest BCUT2D eigenvalue weighted by atomic mass is 33.1.